The second kappa shape index (κ2) is 6.74. The average Bonchev–Trinajstić information content (AvgIpc) is 2.83. The molecule has 5 nitrogen and oxygen atoms in total. The second-order valence-electron chi connectivity index (χ2n) is 4.85. The third kappa shape index (κ3) is 3.95. The topological polar surface area (TPSA) is 63.1 Å². The first kappa shape index (κ1) is 14.8. The van der Waals surface area contributed by atoms with Crippen LogP contribution >= 0.6 is 0 Å². The van der Waals surface area contributed by atoms with E-state index in [1.807, 2.05) is 36.7 Å². The van der Waals surface area contributed by atoms with Gasteiger partial charge >= 0.3 is 0 Å². The second-order valence-corrected chi connectivity index (χ2v) is 4.85. The smallest absolute Gasteiger partial charge is 0.251 e. The molecule has 0 aliphatic rings. The number of rotatable bonds is 5. The molecule has 0 aliphatic carbocycles. The van der Waals surface area contributed by atoms with E-state index in [9.17, 15) is 9.59 Å². The number of hydrogen-bond acceptors (Lipinski definition) is 2. The molecule has 1 aromatic heterocycles. The van der Waals surface area contributed by atoms with Crippen molar-refractivity contribution in [1.29, 1.82) is 0 Å². The predicted molar refractivity (Wildman–Crippen MR) is 80.8 cm³/mol. The first-order valence-electron chi connectivity index (χ1n) is 6.79. The van der Waals surface area contributed by atoms with E-state index in [0.29, 0.717) is 12.1 Å². The van der Waals surface area contributed by atoms with E-state index in [1.54, 1.807) is 24.3 Å². The zero-order valence-corrected chi connectivity index (χ0v) is 12.2. The summed E-state index contributed by atoms with van der Waals surface area (Å²) in [5.41, 5.74) is 2.70. The van der Waals surface area contributed by atoms with Crippen molar-refractivity contribution >= 4 is 11.8 Å². The maximum atomic E-state index is 11.8. The van der Waals surface area contributed by atoms with Crippen molar-refractivity contribution in [3.63, 3.8) is 0 Å². The Morgan fingerprint density at radius 3 is 2.38 bits per heavy atom. The normalized spacial score (nSPS) is 10.2. The Bertz CT molecular complexity index is 632. The SMILES string of the molecule is Cc1ccc(CNC(=O)CNC(=O)c2ccccc2)n1C. The van der Waals surface area contributed by atoms with Gasteiger partial charge in [-0.3, -0.25) is 9.59 Å². The largest absolute Gasteiger partial charge is 0.350 e. The van der Waals surface area contributed by atoms with Crippen LogP contribution in [0.5, 0.6) is 0 Å². The van der Waals surface area contributed by atoms with Gasteiger partial charge in [0.25, 0.3) is 5.91 Å². The summed E-state index contributed by atoms with van der Waals surface area (Å²) in [6, 6.07) is 12.8. The summed E-state index contributed by atoms with van der Waals surface area (Å²) >= 11 is 0. The number of benzene rings is 1. The van der Waals surface area contributed by atoms with E-state index in [0.717, 1.165) is 11.4 Å². The summed E-state index contributed by atoms with van der Waals surface area (Å²) in [6.07, 6.45) is 0. The van der Waals surface area contributed by atoms with Crippen LogP contribution in [-0.4, -0.2) is 22.9 Å². The molecule has 0 fully saturated rings. The van der Waals surface area contributed by atoms with Crippen molar-refractivity contribution in [2.45, 2.75) is 13.5 Å². The third-order valence-electron chi connectivity index (χ3n) is 3.39. The lowest BCUT2D eigenvalue weighted by Gasteiger charge is -2.08. The molecule has 0 saturated heterocycles. The van der Waals surface area contributed by atoms with E-state index >= 15 is 0 Å². The lowest BCUT2D eigenvalue weighted by molar-refractivity contribution is -0.120. The van der Waals surface area contributed by atoms with Crippen LogP contribution in [0.4, 0.5) is 0 Å². The minimum atomic E-state index is -0.250. The Morgan fingerprint density at radius 1 is 1.05 bits per heavy atom. The van der Waals surface area contributed by atoms with Gasteiger partial charge in [-0.05, 0) is 31.2 Å². The Hall–Kier alpha value is -2.56. The maximum Gasteiger partial charge on any atom is 0.251 e. The molecule has 0 spiro atoms. The molecule has 0 unspecified atom stereocenters. The van der Waals surface area contributed by atoms with Crippen molar-refractivity contribution < 1.29 is 9.59 Å². The number of amides is 2. The molecule has 0 atom stereocenters. The minimum Gasteiger partial charge on any atom is -0.350 e. The predicted octanol–water partition coefficient (Wildman–Crippen LogP) is 1.38. The maximum absolute atomic E-state index is 11.8. The minimum absolute atomic E-state index is 0.0306. The van der Waals surface area contributed by atoms with Gasteiger partial charge in [-0.25, -0.2) is 0 Å². The monoisotopic (exact) mass is 285 g/mol. The first-order valence-corrected chi connectivity index (χ1v) is 6.79. The van der Waals surface area contributed by atoms with Gasteiger partial charge in [0.1, 0.15) is 0 Å². The number of hydrogen-bond donors (Lipinski definition) is 2. The highest BCUT2D eigenvalue weighted by molar-refractivity contribution is 5.96. The van der Waals surface area contributed by atoms with Crippen LogP contribution < -0.4 is 10.6 Å². The number of carbonyl (C=O) groups is 2. The van der Waals surface area contributed by atoms with E-state index in [4.69, 9.17) is 0 Å². The zero-order valence-electron chi connectivity index (χ0n) is 12.2. The van der Waals surface area contributed by atoms with Crippen LogP contribution in [0.15, 0.2) is 42.5 Å². The summed E-state index contributed by atoms with van der Waals surface area (Å²) in [7, 11) is 1.95. The molecular weight excluding hydrogens is 266 g/mol. The van der Waals surface area contributed by atoms with Gasteiger partial charge in [-0.15, -0.1) is 0 Å². The standard InChI is InChI=1S/C16H19N3O2/c1-12-8-9-14(19(12)2)10-17-15(20)11-18-16(21)13-6-4-3-5-7-13/h3-9H,10-11H2,1-2H3,(H,17,20)(H,18,21). The van der Waals surface area contributed by atoms with E-state index < -0.39 is 0 Å². The van der Waals surface area contributed by atoms with Gasteiger partial charge in [-0.2, -0.15) is 0 Å². The molecule has 0 bridgehead atoms. The van der Waals surface area contributed by atoms with Crippen LogP contribution in [0, 0.1) is 6.92 Å². The molecule has 110 valence electrons. The van der Waals surface area contributed by atoms with Gasteiger partial charge in [-0.1, -0.05) is 18.2 Å². The van der Waals surface area contributed by atoms with Crippen molar-refractivity contribution in [3.05, 3.63) is 59.4 Å². The Morgan fingerprint density at radius 2 is 1.76 bits per heavy atom. The van der Waals surface area contributed by atoms with E-state index in [-0.39, 0.29) is 18.4 Å². The molecule has 1 aromatic carbocycles. The van der Waals surface area contributed by atoms with Crippen molar-refractivity contribution in [3.8, 4) is 0 Å². The Balaban J connectivity index is 1.78. The van der Waals surface area contributed by atoms with E-state index in [2.05, 4.69) is 10.6 Å². The van der Waals surface area contributed by atoms with Gasteiger partial charge < -0.3 is 15.2 Å². The molecule has 21 heavy (non-hydrogen) atoms. The van der Waals surface area contributed by atoms with Crippen LogP contribution in [-0.2, 0) is 18.4 Å². The van der Waals surface area contributed by atoms with Gasteiger partial charge in [0, 0.05) is 24.0 Å². The van der Waals surface area contributed by atoms with Gasteiger partial charge in [0.2, 0.25) is 5.91 Å². The van der Waals surface area contributed by atoms with Gasteiger partial charge in [0.15, 0.2) is 0 Å². The molecule has 1 heterocycles. The van der Waals surface area contributed by atoms with Crippen LogP contribution in [0.25, 0.3) is 0 Å². The average molecular weight is 285 g/mol. The zero-order chi connectivity index (χ0) is 15.2. The van der Waals surface area contributed by atoms with E-state index in [1.165, 1.54) is 0 Å². The summed E-state index contributed by atoms with van der Waals surface area (Å²) < 4.78 is 2.02. The molecule has 0 saturated carbocycles. The summed E-state index contributed by atoms with van der Waals surface area (Å²) in [5, 5.41) is 5.38. The quantitative estimate of drug-likeness (QED) is 0.872. The number of aromatic nitrogens is 1. The fourth-order valence-electron chi connectivity index (χ4n) is 1.95. The molecule has 0 aliphatic heterocycles. The van der Waals surface area contributed by atoms with Crippen LogP contribution in [0.1, 0.15) is 21.7 Å². The third-order valence-corrected chi connectivity index (χ3v) is 3.39. The fourth-order valence-corrected chi connectivity index (χ4v) is 1.95. The lowest BCUT2D eigenvalue weighted by atomic mass is 10.2. The first-order chi connectivity index (χ1) is 10.1. The van der Waals surface area contributed by atoms with Crippen molar-refractivity contribution in [1.82, 2.24) is 15.2 Å². The van der Waals surface area contributed by atoms with Crippen LogP contribution in [0.2, 0.25) is 0 Å². The molecular formula is C16H19N3O2. The molecule has 2 N–H and O–H groups in total. The van der Waals surface area contributed by atoms with Crippen molar-refractivity contribution in [2.75, 3.05) is 6.54 Å². The highest BCUT2D eigenvalue weighted by Crippen LogP contribution is 2.04. The molecule has 0 radical (unpaired) electrons. The van der Waals surface area contributed by atoms with Crippen molar-refractivity contribution in [2.24, 2.45) is 7.05 Å². The summed E-state index contributed by atoms with van der Waals surface area (Å²) in [4.78, 5) is 23.5. The highest BCUT2D eigenvalue weighted by atomic mass is 16.2. The number of carbonyl (C=O) groups excluding carboxylic acids is 2. The molecule has 2 amide bonds. The summed E-state index contributed by atoms with van der Waals surface area (Å²) in [6.45, 7) is 2.42. The molecule has 2 aromatic rings. The number of nitrogens with one attached hydrogen (secondary N) is 2. The molecule has 2 rings (SSSR count). The fraction of sp³-hybridized carbons (Fsp3) is 0.250. The Kier molecular flexibility index (Phi) is 4.77. The lowest BCUT2D eigenvalue weighted by Crippen LogP contribution is -2.36. The van der Waals surface area contributed by atoms with Gasteiger partial charge in [0.05, 0.1) is 13.1 Å². The highest BCUT2D eigenvalue weighted by Gasteiger charge is 2.08. The number of nitrogens with zero attached hydrogens (tertiary/aromatic N) is 1. The number of aryl methyl sites for hydroxylation is 1. The Labute approximate surface area is 124 Å². The molecule has 5 heteroatoms. The van der Waals surface area contributed by atoms with Crippen LogP contribution in [0.3, 0.4) is 0 Å². The summed E-state index contributed by atoms with van der Waals surface area (Å²) in [5.74, 6) is -0.460.